The van der Waals surface area contributed by atoms with Crippen molar-refractivity contribution in [3.63, 3.8) is 0 Å². The van der Waals surface area contributed by atoms with E-state index < -0.39 is 34.7 Å². The maximum atomic E-state index is 14.1. The van der Waals surface area contributed by atoms with Crippen LogP contribution in [0.15, 0.2) is 71.1 Å². The van der Waals surface area contributed by atoms with E-state index in [1.165, 1.54) is 34.1 Å². The van der Waals surface area contributed by atoms with Gasteiger partial charge in [-0.1, -0.05) is 18.2 Å². The molecule has 11 nitrogen and oxygen atoms in total. The monoisotopic (exact) mass is 613 g/mol. The van der Waals surface area contributed by atoms with Crippen LogP contribution in [0.2, 0.25) is 0 Å². The van der Waals surface area contributed by atoms with Gasteiger partial charge in [0.05, 0.1) is 53.5 Å². The van der Waals surface area contributed by atoms with Crippen molar-refractivity contribution in [1.29, 1.82) is 0 Å². The van der Waals surface area contributed by atoms with Crippen molar-refractivity contribution in [2.45, 2.75) is 24.0 Å². The van der Waals surface area contributed by atoms with Crippen LogP contribution in [0, 0.1) is 0 Å². The summed E-state index contributed by atoms with van der Waals surface area (Å²) in [5, 5.41) is 16.5. The number of rotatable bonds is 11. The van der Waals surface area contributed by atoms with Crippen molar-refractivity contribution in [1.82, 2.24) is 24.9 Å². The van der Waals surface area contributed by atoms with Crippen LogP contribution >= 0.6 is 22.7 Å². The van der Waals surface area contributed by atoms with Gasteiger partial charge < -0.3 is 25.5 Å². The number of alkyl carbamates (subject to hydrolysis) is 1. The number of sulfonamides is 1. The van der Waals surface area contributed by atoms with Gasteiger partial charge in [0.2, 0.25) is 15.9 Å². The van der Waals surface area contributed by atoms with E-state index in [1.54, 1.807) is 35.8 Å². The first-order chi connectivity index (χ1) is 19.8. The second-order valence-corrected chi connectivity index (χ2v) is 13.0. The third-order valence-corrected chi connectivity index (χ3v) is 10.2. The summed E-state index contributed by atoms with van der Waals surface area (Å²) >= 11 is 2.70. The number of ether oxygens (including phenoxy) is 1. The highest BCUT2D eigenvalue weighted by Crippen LogP contribution is 2.35. The Labute approximate surface area is 243 Å². The Bertz CT molecular complexity index is 1760. The number of aliphatic hydroxyl groups is 1. The summed E-state index contributed by atoms with van der Waals surface area (Å²) < 4.78 is 34.9. The molecule has 14 heteroatoms. The van der Waals surface area contributed by atoms with Gasteiger partial charge in [-0.15, -0.1) is 22.7 Å². The zero-order valence-corrected chi connectivity index (χ0v) is 24.3. The predicted octanol–water partition coefficient (Wildman–Crippen LogP) is 3.74. The number of carbonyl (C=O) groups excluding carboxylic acids is 2. The third kappa shape index (κ3) is 6.41. The molecule has 0 fully saturated rings. The molecule has 0 saturated carbocycles. The molecule has 0 aliphatic heterocycles. The number of nitrogens with one attached hydrogen (secondary N) is 3. The lowest BCUT2D eigenvalue weighted by molar-refractivity contribution is -0.120. The van der Waals surface area contributed by atoms with E-state index in [1.807, 2.05) is 30.3 Å². The lowest BCUT2D eigenvalue weighted by Crippen LogP contribution is -2.36. The molecule has 5 aromatic rings. The van der Waals surface area contributed by atoms with Gasteiger partial charge in [0.1, 0.15) is 6.54 Å². The molecule has 1 atom stereocenters. The Morgan fingerprint density at radius 3 is 2.73 bits per heavy atom. The van der Waals surface area contributed by atoms with Crippen molar-refractivity contribution in [3.05, 3.63) is 81.6 Å². The molecule has 3 aromatic heterocycles. The molecule has 2 aromatic carbocycles. The second-order valence-electron chi connectivity index (χ2n) is 9.04. The maximum Gasteiger partial charge on any atom is 0.407 e. The van der Waals surface area contributed by atoms with Crippen LogP contribution in [0.25, 0.3) is 21.1 Å². The molecule has 41 heavy (non-hydrogen) atoms. The Morgan fingerprint density at radius 2 is 1.95 bits per heavy atom. The molecule has 0 radical (unpaired) electrons. The number of H-pyrrole nitrogens is 1. The number of aromatic nitrogens is 2. The molecule has 2 amide bonds. The number of benzene rings is 2. The number of aliphatic hydroxyl groups excluding tert-OH is 1. The number of thiazole rings is 1. The highest BCUT2D eigenvalue weighted by molar-refractivity contribution is 7.89. The molecule has 0 saturated heterocycles. The topological polar surface area (TPSA) is 154 Å². The molecule has 1 unspecified atom stereocenters. The quantitative estimate of drug-likeness (QED) is 0.177. The van der Waals surface area contributed by atoms with Crippen LogP contribution in [0.5, 0.6) is 0 Å². The summed E-state index contributed by atoms with van der Waals surface area (Å²) in [4.78, 5) is 32.2. The van der Waals surface area contributed by atoms with Crippen LogP contribution < -0.4 is 10.6 Å². The average molecular weight is 614 g/mol. The minimum atomic E-state index is -4.10. The van der Waals surface area contributed by atoms with Gasteiger partial charge in [0.15, 0.2) is 0 Å². The third-order valence-electron chi connectivity index (χ3n) is 6.39. The van der Waals surface area contributed by atoms with Crippen LogP contribution in [0.3, 0.4) is 0 Å². The van der Waals surface area contributed by atoms with Gasteiger partial charge in [0.25, 0.3) is 0 Å². The Balaban J connectivity index is 1.43. The number of para-hydroxylation sites is 1. The average Bonchev–Trinajstić information content (AvgIpc) is 3.73. The number of hydrogen-bond donors (Lipinski definition) is 4. The van der Waals surface area contributed by atoms with Gasteiger partial charge in [-0.25, -0.2) is 18.2 Å². The number of aromatic amines is 1. The van der Waals surface area contributed by atoms with E-state index in [9.17, 15) is 23.1 Å². The summed E-state index contributed by atoms with van der Waals surface area (Å²) in [6.45, 7) is -0.557. The van der Waals surface area contributed by atoms with E-state index >= 15 is 0 Å². The Kier molecular flexibility index (Phi) is 8.65. The Hall–Kier alpha value is -3.82. The number of thiophene rings is 1. The summed E-state index contributed by atoms with van der Waals surface area (Å²) in [5.74, 6) is -0.412. The minimum Gasteiger partial charge on any atom is -0.453 e. The van der Waals surface area contributed by atoms with Crippen molar-refractivity contribution in [3.8, 4) is 0 Å². The lowest BCUT2D eigenvalue weighted by atomic mass is 10.2. The molecule has 0 aliphatic carbocycles. The van der Waals surface area contributed by atoms with E-state index in [0.717, 1.165) is 20.5 Å². The smallest absolute Gasteiger partial charge is 0.407 e. The number of hydrogen-bond acceptors (Lipinski definition) is 9. The van der Waals surface area contributed by atoms with Crippen LogP contribution in [0.4, 0.5) is 4.79 Å². The number of fused-ring (bicyclic) bond motifs is 2. The fraction of sp³-hybridized carbons (Fsp3) is 0.222. The van der Waals surface area contributed by atoms with Gasteiger partial charge in [-0.2, -0.15) is 4.31 Å². The number of amides is 2. The summed E-state index contributed by atoms with van der Waals surface area (Å²) in [5.41, 5.74) is 3.79. The van der Waals surface area contributed by atoms with Gasteiger partial charge in [0, 0.05) is 21.0 Å². The van der Waals surface area contributed by atoms with E-state index in [0.29, 0.717) is 16.1 Å². The van der Waals surface area contributed by atoms with Crippen molar-refractivity contribution >= 4 is 65.8 Å². The summed E-state index contributed by atoms with van der Waals surface area (Å²) in [7, 11) is -2.89. The van der Waals surface area contributed by atoms with Crippen molar-refractivity contribution < 1.29 is 27.9 Å². The second kappa shape index (κ2) is 12.4. The normalized spacial score (nSPS) is 12.6. The van der Waals surface area contributed by atoms with Crippen LogP contribution in [-0.4, -0.2) is 60.1 Å². The van der Waals surface area contributed by atoms with E-state index in [2.05, 4.69) is 25.3 Å². The van der Waals surface area contributed by atoms with E-state index in [-0.39, 0.29) is 24.5 Å². The molecule has 4 N–H and O–H groups in total. The zero-order chi connectivity index (χ0) is 29.0. The van der Waals surface area contributed by atoms with E-state index in [4.69, 9.17) is 0 Å². The first-order valence-electron chi connectivity index (χ1n) is 12.5. The highest BCUT2D eigenvalue weighted by Gasteiger charge is 2.34. The minimum absolute atomic E-state index is 0.0134. The maximum absolute atomic E-state index is 14.1. The summed E-state index contributed by atoms with van der Waals surface area (Å²) in [6.07, 6.45) is -0.713. The number of methoxy groups -OCH3 is 1. The Morgan fingerprint density at radius 1 is 1.12 bits per heavy atom. The van der Waals surface area contributed by atoms with Gasteiger partial charge >= 0.3 is 6.09 Å². The fourth-order valence-corrected chi connectivity index (χ4v) is 7.73. The molecule has 3 heterocycles. The molecule has 214 valence electrons. The number of nitrogens with zero attached hydrogens (tertiary/aromatic N) is 2. The molecule has 0 aliphatic rings. The van der Waals surface area contributed by atoms with Crippen molar-refractivity contribution in [2.24, 2.45) is 0 Å². The molecular formula is C27H27N5O6S3. The largest absolute Gasteiger partial charge is 0.453 e. The highest BCUT2D eigenvalue weighted by atomic mass is 32.2. The first-order valence-corrected chi connectivity index (χ1v) is 15.6. The van der Waals surface area contributed by atoms with Gasteiger partial charge in [-0.05, 0) is 47.9 Å². The van der Waals surface area contributed by atoms with Crippen LogP contribution in [-0.2, 0) is 32.6 Å². The lowest BCUT2D eigenvalue weighted by Gasteiger charge is -2.29. The standard InChI is InChI=1S/C27H27N5O6S3/c1-38-27(35)29-13-26(34)28-12-19-6-8-25(40-19)23(15-33)32(14-18-10-17-4-2-3-5-21(17)31-18)41(36,37)20-7-9-24-22(11-20)30-16-39-24/h2-11,16,23,31,33H,12-15H2,1H3,(H,28,34)(H,29,35). The molecule has 0 spiro atoms. The zero-order valence-electron chi connectivity index (χ0n) is 21.9. The summed E-state index contributed by atoms with van der Waals surface area (Å²) in [6, 6.07) is 17.0. The predicted molar refractivity (Wildman–Crippen MR) is 157 cm³/mol. The fourth-order valence-electron chi connectivity index (χ4n) is 4.35. The number of carbonyl (C=O) groups is 2. The molecule has 0 bridgehead atoms. The first kappa shape index (κ1) is 28.7. The SMILES string of the molecule is COC(=O)NCC(=O)NCc1ccc(C(CO)N(Cc2cc3ccccc3[nH]2)S(=O)(=O)c2ccc3scnc3c2)s1. The van der Waals surface area contributed by atoms with Crippen molar-refractivity contribution in [2.75, 3.05) is 20.3 Å². The molecular weight excluding hydrogens is 587 g/mol. The molecule has 5 rings (SSSR count). The van der Waals surface area contributed by atoms with Crippen LogP contribution in [0.1, 0.15) is 21.5 Å². The van der Waals surface area contributed by atoms with Gasteiger partial charge in [-0.3, -0.25) is 4.79 Å².